The lowest BCUT2D eigenvalue weighted by atomic mass is 9.84. The van der Waals surface area contributed by atoms with Gasteiger partial charge in [0.2, 0.25) is 0 Å². The van der Waals surface area contributed by atoms with E-state index in [1.807, 2.05) is 19.1 Å². The Labute approximate surface area is 218 Å². The number of aliphatic hydroxyl groups excluding tert-OH is 1. The molecule has 0 bridgehead atoms. The van der Waals surface area contributed by atoms with Gasteiger partial charge in [0.1, 0.15) is 0 Å². The van der Waals surface area contributed by atoms with Crippen LogP contribution in [0.5, 0.6) is 0 Å². The fourth-order valence-electron chi connectivity index (χ4n) is 5.17. The van der Waals surface area contributed by atoms with Crippen molar-refractivity contribution in [1.29, 1.82) is 0 Å². The number of nitrogens with zero attached hydrogens (tertiary/aromatic N) is 1. The number of aliphatic hydroxyl groups is 1. The van der Waals surface area contributed by atoms with E-state index < -0.39 is 23.5 Å². The van der Waals surface area contributed by atoms with E-state index in [-0.39, 0.29) is 18.4 Å². The Morgan fingerprint density at radius 2 is 1.45 bits per heavy atom. The number of alkyl halides is 6. The van der Waals surface area contributed by atoms with Gasteiger partial charge >= 0.3 is 12.4 Å². The molecule has 1 fully saturated rings. The highest BCUT2D eigenvalue weighted by Crippen LogP contribution is 2.36. The van der Waals surface area contributed by atoms with Gasteiger partial charge < -0.3 is 5.11 Å². The molecule has 2 nitrogen and oxygen atoms in total. The van der Waals surface area contributed by atoms with Gasteiger partial charge in [-0.05, 0) is 83.8 Å². The Bertz CT molecular complexity index is 1200. The van der Waals surface area contributed by atoms with Gasteiger partial charge in [0.15, 0.2) is 0 Å². The lowest BCUT2D eigenvalue weighted by molar-refractivity contribution is -0.138. The van der Waals surface area contributed by atoms with Gasteiger partial charge in [-0.1, -0.05) is 49.4 Å². The number of benzene rings is 3. The van der Waals surface area contributed by atoms with Crippen LogP contribution in [0.4, 0.5) is 26.3 Å². The summed E-state index contributed by atoms with van der Waals surface area (Å²) in [5, 5.41) is 9.94. The van der Waals surface area contributed by atoms with Crippen LogP contribution in [0.3, 0.4) is 0 Å². The predicted octanol–water partition coefficient (Wildman–Crippen LogP) is 8.26. The van der Waals surface area contributed by atoms with Crippen molar-refractivity contribution in [3.8, 4) is 11.1 Å². The zero-order valence-electron chi connectivity index (χ0n) is 21.1. The van der Waals surface area contributed by atoms with E-state index in [9.17, 15) is 31.4 Å². The van der Waals surface area contributed by atoms with Gasteiger partial charge in [-0.25, -0.2) is 0 Å². The minimum Gasteiger partial charge on any atom is -0.396 e. The predicted molar refractivity (Wildman–Crippen MR) is 136 cm³/mol. The van der Waals surface area contributed by atoms with Crippen molar-refractivity contribution in [2.75, 3.05) is 19.7 Å². The first-order valence-electron chi connectivity index (χ1n) is 12.8. The van der Waals surface area contributed by atoms with Gasteiger partial charge in [-0.2, -0.15) is 26.3 Å². The van der Waals surface area contributed by atoms with Crippen LogP contribution in [0, 0.1) is 0 Å². The SMILES string of the molecule is CCC(CO)c1cc(-c2ccc(C(F)(F)F)cc2)cc(C2CCCN(Cc3ccc(C(F)(F)F)cc3)C2)c1. The number of piperidine rings is 1. The van der Waals surface area contributed by atoms with Crippen molar-refractivity contribution >= 4 is 0 Å². The number of likely N-dealkylation sites (tertiary alicyclic amines) is 1. The first-order valence-corrected chi connectivity index (χ1v) is 12.8. The third kappa shape index (κ3) is 6.77. The van der Waals surface area contributed by atoms with Crippen molar-refractivity contribution in [2.45, 2.75) is 56.9 Å². The minimum atomic E-state index is -4.41. The van der Waals surface area contributed by atoms with Crippen LogP contribution in [-0.4, -0.2) is 29.7 Å². The Kier molecular flexibility index (Phi) is 8.52. The summed E-state index contributed by atoms with van der Waals surface area (Å²) in [6.07, 6.45) is -6.21. The topological polar surface area (TPSA) is 23.5 Å². The highest BCUT2D eigenvalue weighted by molar-refractivity contribution is 5.66. The molecule has 3 aromatic carbocycles. The zero-order valence-corrected chi connectivity index (χ0v) is 21.1. The highest BCUT2D eigenvalue weighted by atomic mass is 19.4. The van der Waals surface area contributed by atoms with Gasteiger partial charge in [0.25, 0.3) is 0 Å². The van der Waals surface area contributed by atoms with E-state index >= 15 is 0 Å². The Hall–Kier alpha value is -2.84. The third-order valence-corrected chi connectivity index (χ3v) is 7.37. The molecule has 2 atom stereocenters. The minimum absolute atomic E-state index is 0.0306. The lowest BCUT2D eigenvalue weighted by Gasteiger charge is -2.33. The van der Waals surface area contributed by atoms with Gasteiger partial charge in [0, 0.05) is 25.6 Å². The average molecular weight is 536 g/mol. The first kappa shape index (κ1) is 28.2. The van der Waals surface area contributed by atoms with E-state index in [4.69, 9.17) is 0 Å². The molecule has 0 amide bonds. The second-order valence-corrected chi connectivity index (χ2v) is 10.0. The Balaban J connectivity index is 1.59. The van der Waals surface area contributed by atoms with Crippen LogP contribution in [0.2, 0.25) is 0 Å². The van der Waals surface area contributed by atoms with E-state index in [1.165, 1.54) is 24.3 Å². The largest absolute Gasteiger partial charge is 0.416 e. The van der Waals surface area contributed by atoms with Gasteiger partial charge in [-0.3, -0.25) is 4.90 Å². The van der Waals surface area contributed by atoms with Crippen LogP contribution in [0.25, 0.3) is 11.1 Å². The second-order valence-electron chi connectivity index (χ2n) is 10.0. The fourth-order valence-corrected chi connectivity index (χ4v) is 5.17. The van der Waals surface area contributed by atoms with E-state index in [0.717, 1.165) is 72.3 Å². The Morgan fingerprint density at radius 1 is 0.842 bits per heavy atom. The molecule has 1 saturated heterocycles. The summed E-state index contributed by atoms with van der Waals surface area (Å²) >= 11 is 0. The smallest absolute Gasteiger partial charge is 0.396 e. The molecule has 204 valence electrons. The average Bonchev–Trinajstić information content (AvgIpc) is 2.89. The van der Waals surface area contributed by atoms with Crippen LogP contribution < -0.4 is 0 Å². The summed E-state index contributed by atoms with van der Waals surface area (Å²) in [6.45, 7) is 4.03. The lowest BCUT2D eigenvalue weighted by Crippen LogP contribution is -2.34. The van der Waals surface area contributed by atoms with Crippen molar-refractivity contribution in [3.63, 3.8) is 0 Å². The molecule has 1 aliphatic heterocycles. The standard InChI is InChI=1S/C30H31F6NO/c1-2-21(19-38)24-14-25(22-7-11-28(12-8-22)30(34,35)36)16-26(15-24)23-4-3-13-37(18-23)17-20-5-9-27(10-6-20)29(31,32)33/h5-12,14-16,21,23,38H,2-4,13,17-19H2,1H3. The van der Waals surface area contributed by atoms with Crippen LogP contribution >= 0.6 is 0 Å². The summed E-state index contributed by atoms with van der Waals surface area (Å²) < 4.78 is 77.9. The summed E-state index contributed by atoms with van der Waals surface area (Å²) in [6, 6.07) is 16.4. The molecule has 8 heteroatoms. The molecular weight excluding hydrogens is 504 g/mol. The van der Waals surface area contributed by atoms with Crippen molar-refractivity contribution in [2.24, 2.45) is 0 Å². The summed E-state index contributed by atoms with van der Waals surface area (Å²) in [5.74, 6) is 0.0672. The van der Waals surface area contributed by atoms with Crippen LogP contribution in [-0.2, 0) is 18.9 Å². The van der Waals surface area contributed by atoms with E-state index in [1.54, 1.807) is 0 Å². The molecule has 38 heavy (non-hydrogen) atoms. The molecule has 2 unspecified atom stereocenters. The quantitative estimate of drug-likeness (QED) is 0.308. The molecule has 0 aromatic heterocycles. The number of hydrogen-bond donors (Lipinski definition) is 1. The van der Waals surface area contributed by atoms with Gasteiger partial charge in [-0.15, -0.1) is 0 Å². The molecule has 1 aliphatic rings. The first-order chi connectivity index (χ1) is 18.0. The zero-order chi connectivity index (χ0) is 27.5. The summed E-state index contributed by atoms with van der Waals surface area (Å²) in [5.41, 5.74) is 2.92. The van der Waals surface area contributed by atoms with Crippen molar-refractivity contribution in [1.82, 2.24) is 4.90 Å². The van der Waals surface area contributed by atoms with E-state index in [2.05, 4.69) is 11.0 Å². The highest BCUT2D eigenvalue weighted by Gasteiger charge is 2.31. The van der Waals surface area contributed by atoms with Crippen LogP contribution in [0.1, 0.15) is 65.8 Å². The molecule has 0 saturated carbocycles. The van der Waals surface area contributed by atoms with Crippen LogP contribution in [0.15, 0.2) is 66.7 Å². The maximum absolute atomic E-state index is 13.1. The molecule has 1 heterocycles. The molecule has 0 spiro atoms. The molecule has 3 aromatic rings. The van der Waals surface area contributed by atoms with Crippen molar-refractivity contribution < 1.29 is 31.4 Å². The monoisotopic (exact) mass is 535 g/mol. The summed E-state index contributed by atoms with van der Waals surface area (Å²) in [4.78, 5) is 2.23. The molecule has 0 radical (unpaired) electrons. The molecule has 0 aliphatic carbocycles. The maximum Gasteiger partial charge on any atom is 0.416 e. The fraction of sp³-hybridized carbons (Fsp3) is 0.400. The molecular formula is C30H31F6NO. The normalized spacial score (nSPS) is 17.9. The Morgan fingerprint density at radius 3 is 2.00 bits per heavy atom. The summed E-state index contributed by atoms with van der Waals surface area (Å²) in [7, 11) is 0. The van der Waals surface area contributed by atoms with Crippen molar-refractivity contribution in [3.05, 3.63) is 94.5 Å². The second kappa shape index (κ2) is 11.5. The number of halogens is 6. The molecule has 4 rings (SSSR count). The number of hydrogen-bond acceptors (Lipinski definition) is 2. The van der Waals surface area contributed by atoms with E-state index in [0.29, 0.717) is 18.7 Å². The van der Waals surface area contributed by atoms with Gasteiger partial charge in [0.05, 0.1) is 11.1 Å². The third-order valence-electron chi connectivity index (χ3n) is 7.37. The molecule has 1 N–H and O–H groups in total. The maximum atomic E-state index is 13.1. The number of rotatable bonds is 7.